The van der Waals surface area contributed by atoms with Crippen molar-refractivity contribution in [2.24, 2.45) is 5.73 Å². The molecule has 0 bridgehead atoms. The van der Waals surface area contributed by atoms with Crippen molar-refractivity contribution in [2.45, 2.75) is 31.5 Å². The second kappa shape index (κ2) is 11.2. The van der Waals surface area contributed by atoms with E-state index in [4.69, 9.17) is 10.8 Å². The highest BCUT2D eigenvalue weighted by atomic mass is 32.1. The molecule has 0 fully saturated rings. The molecule has 0 saturated heterocycles. The molecule has 0 aliphatic heterocycles. The monoisotopic (exact) mass is 396 g/mol. The van der Waals surface area contributed by atoms with E-state index in [-0.39, 0.29) is 18.7 Å². The molecule has 3 amide bonds. The van der Waals surface area contributed by atoms with Gasteiger partial charge >= 0.3 is 5.97 Å². The van der Waals surface area contributed by atoms with Crippen molar-refractivity contribution in [2.75, 3.05) is 12.3 Å². The topological polar surface area (TPSA) is 151 Å². The molecule has 3 atom stereocenters. The maximum atomic E-state index is 12.5. The fourth-order valence-corrected chi connectivity index (χ4v) is 2.41. The van der Waals surface area contributed by atoms with Gasteiger partial charge in [-0.15, -0.1) is 0 Å². The Labute approximate surface area is 162 Å². The standard InChI is InChI=1S/C17H24N4O5S/c1-10(17(25)26)19-15(23)12(7-11-5-3-2-4-6-11)21-16(24)13(9-27)20-14(22)8-18/h2-6,10,12-13,27H,7-9,18H2,1H3,(H,19,23)(H,20,22)(H,21,24)(H,25,26). The van der Waals surface area contributed by atoms with Crippen LogP contribution >= 0.6 is 12.6 Å². The molecule has 3 unspecified atom stereocenters. The summed E-state index contributed by atoms with van der Waals surface area (Å²) in [5.41, 5.74) is 5.99. The third-order valence-corrected chi connectivity index (χ3v) is 4.03. The summed E-state index contributed by atoms with van der Waals surface area (Å²) < 4.78 is 0. The lowest BCUT2D eigenvalue weighted by atomic mass is 10.0. The first-order chi connectivity index (χ1) is 12.8. The van der Waals surface area contributed by atoms with Crippen molar-refractivity contribution in [3.63, 3.8) is 0 Å². The summed E-state index contributed by atoms with van der Waals surface area (Å²) in [6.45, 7) is 1.03. The SMILES string of the molecule is CC(NC(=O)C(Cc1ccccc1)NC(=O)C(CS)NC(=O)CN)C(=O)O. The van der Waals surface area contributed by atoms with Crippen LogP contribution in [0.25, 0.3) is 0 Å². The molecule has 0 radical (unpaired) electrons. The number of hydrogen-bond donors (Lipinski definition) is 6. The zero-order chi connectivity index (χ0) is 20.4. The number of carboxylic acids is 1. The van der Waals surface area contributed by atoms with Gasteiger partial charge in [0.05, 0.1) is 6.54 Å². The summed E-state index contributed by atoms with van der Waals surface area (Å²) in [5, 5.41) is 16.2. The average molecular weight is 396 g/mol. The molecule has 0 aromatic heterocycles. The van der Waals surface area contributed by atoms with Gasteiger partial charge in [0.2, 0.25) is 17.7 Å². The van der Waals surface area contributed by atoms with Gasteiger partial charge in [0.1, 0.15) is 18.1 Å². The van der Waals surface area contributed by atoms with E-state index >= 15 is 0 Å². The number of benzene rings is 1. The van der Waals surface area contributed by atoms with E-state index in [1.54, 1.807) is 24.3 Å². The Hall–Kier alpha value is -2.59. The van der Waals surface area contributed by atoms with Crippen LogP contribution in [0.5, 0.6) is 0 Å². The molecule has 1 rings (SSSR count). The molecule has 0 saturated carbocycles. The van der Waals surface area contributed by atoms with Gasteiger partial charge in [-0.3, -0.25) is 19.2 Å². The lowest BCUT2D eigenvalue weighted by Gasteiger charge is -2.23. The summed E-state index contributed by atoms with van der Waals surface area (Å²) in [6, 6.07) is 5.80. The van der Waals surface area contributed by atoms with Crippen molar-refractivity contribution in [1.82, 2.24) is 16.0 Å². The van der Waals surface area contributed by atoms with Crippen molar-refractivity contribution in [3.8, 4) is 0 Å². The molecule has 0 aliphatic carbocycles. The van der Waals surface area contributed by atoms with Gasteiger partial charge in [0.25, 0.3) is 0 Å². The lowest BCUT2D eigenvalue weighted by molar-refractivity contribution is -0.141. The molecular weight excluding hydrogens is 372 g/mol. The van der Waals surface area contributed by atoms with E-state index < -0.39 is 41.8 Å². The minimum atomic E-state index is -1.20. The Morgan fingerprint density at radius 1 is 1.04 bits per heavy atom. The van der Waals surface area contributed by atoms with Crippen LogP contribution in [0.2, 0.25) is 0 Å². The minimum Gasteiger partial charge on any atom is -0.480 e. The molecular formula is C17H24N4O5S. The molecule has 148 valence electrons. The van der Waals surface area contributed by atoms with E-state index in [2.05, 4.69) is 28.6 Å². The number of amides is 3. The van der Waals surface area contributed by atoms with Crippen LogP contribution < -0.4 is 21.7 Å². The Morgan fingerprint density at radius 3 is 2.15 bits per heavy atom. The van der Waals surface area contributed by atoms with Crippen LogP contribution in [-0.2, 0) is 25.6 Å². The summed E-state index contributed by atoms with van der Waals surface area (Å²) in [5.74, 6) is -3.00. The lowest BCUT2D eigenvalue weighted by Crippen LogP contribution is -2.57. The van der Waals surface area contributed by atoms with Crippen LogP contribution in [0.4, 0.5) is 0 Å². The summed E-state index contributed by atoms with van der Waals surface area (Å²) >= 11 is 4.03. The number of aliphatic carboxylic acids is 1. The van der Waals surface area contributed by atoms with E-state index in [0.29, 0.717) is 0 Å². The van der Waals surface area contributed by atoms with Crippen molar-refractivity contribution >= 4 is 36.3 Å². The number of nitrogens with two attached hydrogens (primary N) is 1. The third-order valence-electron chi connectivity index (χ3n) is 3.66. The van der Waals surface area contributed by atoms with E-state index in [0.717, 1.165) is 5.56 Å². The van der Waals surface area contributed by atoms with E-state index in [1.807, 2.05) is 6.07 Å². The van der Waals surface area contributed by atoms with Crippen LogP contribution in [0, 0.1) is 0 Å². The van der Waals surface area contributed by atoms with Crippen LogP contribution in [0.1, 0.15) is 12.5 Å². The first kappa shape index (κ1) is 22.5. The molecule has 6 N–H and O–H groups in total. The molecule has 0 aliphatic rings. The van der Waals surface area contributed by atoms with Crippen LogP contribution in [0.3, 0.4) is 0 Å². The number of nitrogens with one attached hydrogen (secondary N) is 3. The van der Waals surface area contributed by atoms with Gasteiger partial charge in [-0.1, -0.05) is 30.3 Å². The minimum absolute atomic E-state index is 0.00276. The summed E-state index contributed by atoms with van der Waals surface area (Å²) in [6.07, 6.45) is 0.148. The quantitative estimate of drug-likeness (QED) is 0.270. The predicted octanol–water partition coefficient (Wildman–Crippen LogP) is -1.32. The Balaban J connectivity index is 2.92. The van der Waals surface area contributed by atoms with Crippen molar-refractivity contribution in [1.29, 1.82) is 0 Å². The van der Waals surface area contributed by atoms with Gasteiger partial charge in [-0.2, -0.15) is 12.6 Å². The highest BCUT2D eigenvalue weighted by Crippen LogP contribution is 2.05. The summed E-state index contributed by atoms with van der Waals surface area (Å²) in [4.78, 5) is 47.3. The summed E-state index contributed by atoms with van der Waals surface area (Å²) in [7, 11) is 0. The number of rotatable bonds is 10. The van der Waals surface area contributed by atoms with Crippen LogP contribution in [-0.4, -0.2) is 59.2 Å². The smallest absolute Gasteiger partial charge is 0.325 e. The maximum Gasteiger partial charge on any atom is 0.325 e. The largest absolute Gasteiger partial charge is 0.480 e. The second-order valence-electron chi connectivity index (χ2n) is 5.83. The predicted molar refractivity (Wildman–Crippen MR) is 102 cm³/mol. The Morgan fingerprint density at radius 2 is 1.63 bits per heavy atom. The average Bonchev–Trinajstić information content (AvgIpc) is 2.65. The number of carbonyl (C=O) groups excluding carboxylic acids is 3. The first-order valence-corrected chi connectivity index (χ1v) is 8.89. The Kier molecular flexibility index (Phi) is 9.31. The normalized spacial score (nSPS) is 13.7. The first-order valence-electron chi connectivity index (χ1n) is 8.26. The van der Waals surface area contributed by atoms with Gasteiger partial charge < -0.3 is 26.8 Å². The number of carbonyl (C=O) groups is 4. The maximum absolute atomic E-state index is 12.5. The van der Waals surface area contributed by atoms with Gasteiger partial charge in [-0.25, -0.2) is 0 Å². The molecule has 27 heavy (non-hydrogen) atoms. The number of hydrogen-bond acceptors (Lipinski definition) is 6. The van der Waals surface area contributed by atoms with Crippen LogP contribution in [0.15, 0.2) is 30.3 Å². The zero-order valence-electron chi connectivity index (χ0n) is 14.8. The van der Waals surface area contributed by atoms with Crippen molar-refractivity contribution in [3.05, 3.63) is 35.9 Å². The molecule has 1 aromatic carbocycles. The zero-order valence-corrected chi connectivity index (χ0v) is 15.7. The fraction of sp³-hybridized carbons (Fsp3) is 0.412. The molecule has 0 spiro atoms. The highest BCUT2D eigenvalue weighted by Gasteiger charge is 2.27. The van der Waals surface area contributed by atoms with E-state index in [1.165, 1.54) is 6.92 Å². The molecule has 10 heteroatoms. The van der Waals surface area contributed by atoms with Gasteiger partial charge in [0.15, 0.2) is 0 Å². The van der Waals surface area contributed by atoms with E-state index in [9.17, 15) is 19.2 Å². The number of thiol groups is 1. The molecule has 0 heterocycles. The highest BCUT2D eigenvalue weighted by molar-refractivity contribution is 7.80. The Bertz CT molecular complexity index is 671. The third kappa shape index (κ3) is 7.67. The molecule has 9 nitrogen and oxygen atoms in total. The second-order valence-corrected chi connectivity index (χ2v) is 6.19. The van der Waals surface area contributed by atoms with Gasteiger partial charge in [-0.05, 0) is 12.5 Å². The fourth-order valence-electron chi connectivity index (χ4n) is 2.15. The molecule has 1 aromatic rings. The number of carboxylic acid groups (broad SMARTS) is 1. The van der Waals surface area contributed by atoms with Gasteiger partial charge in [0, 0.05) is 12.2 Å². The van der Waals surface area contributed by atoms with Crippen molar-refractivity contribution < 1.29 is 24.3 Å².